The van der Waals surface area contributed by atoms with E-state index in [1.165, 1.54) is 6.42 Å². The van der Waals surface area contributed by atoms with Gasteiger partial charge in [0, 0.05) is 29.9 Å². The highest BCUT2D eigenvalue weighted by atomic mass is 35.5. The summed E-state index contributed by atoms with van der Waals surface area (Å²) in [6.07, 6.45) is 7.64. The van der Waals surface area contributed by atoms with Crippen LogP contribution in [-0.2, 0) is 11.0 Å². The lowest BCUT2D eigenvalue weighted by Gasteiger charge is -2.47. The van der Waals surface area contributed by atoms with E-state index >= 15 is 0 Å². The van der Waals surface area contributed by atoms with Gasteiger partial charge in [-0.1, -0.05) is 57.9 Å². The Morgan fingerprint density at radius 2 is 2.08 bits per heavy atom. The minimum absolute atomic E-state index is 0.257. The van der Waals surface area contributed by atoms with Gasteiger partial charge in [-0.2, -0.15) is 0 Å². The van der Waals surface area contributed by atoms with Gasteiger partial charge in [0.25, 0.3) is 0 Å². The molecule has 2 aliphatic rings. The summed E-state index contributed by atoms with van der Waals surface area (Å²) in [6, 6.07) is 0.281. The Kier molecular flexibility index (Phi) is 7.75. The summed E-state index contributed by atoms with van der Waals surface area (Å²) in [6.45, 7) is 14.4. The van der Waals surface area contributed by atoms with E-state index < -0.39 is 11.0 Å². The fraction of sp³-hybridized carbons (Fsp3) is 0.800. The lowest BCUT2D eigenvalue weighted by molar-refractivity contribution is 0.0629. The van der Waals surface area contributed by atoms with Crippen LogP contribution in [0, 0.1) is 17.3 Å². The summed E-state index contributed by atoms with van der Waals surface area (Å²) in [4.78, 5) is 2.56. The van der Waals surface area contributed by atoms with E-state index in [1.807, 2.05) is 6.92 Å². The van der Waals surface area contributed by atoms with Crippen molar-refractivity contribution in [3.05, 3.63) is 22.8 Å². The Morgan fingerprint density at radius 1 is 1.36 bits per heavy atom. The second-order valence-electron chi connectivity index (χ2n) is 8.52. The first-order valence-corrected chi connectivity index (χ1v) is 11.3. The summed E-state index contributed by atoms with van der Waals surface area (Å²) in [5.41, 5.74) is 1.83. The van der Waals surface area contributed by atoms with Crippen LogP contribution >= 0.6 is 11.6 Å². The molecule has 1 saturated heterocycles. The lowest BCUT2D eigenvalue weighted by atomic mass is 9.68. The molecule has 5 heteroatoms. The monoisotopic (exact) mass is 386 g/mol. The fourth-order valence-corrected chi connectivity index (χ4v) is 5.15. The number of nitrogens with zero attached hydrogens (tertiary/aromatic N) is 1. The van der Waals surface area contributed by atoms with Crippen molar-refractivity contribution >= 4 is 22.6 Å². The van der Waals surface area contributed by atoms with E-state index in [9.17, 15) is 4.21 Å². The molecule has 0 radical (unpaired) electrons. The minimum Gasteiger partial charge on any atom is -0.301 e. The van der Waals surface area contributed by atoms with Gasteiger partial charge in [0.1, 0.15) is 0 Å². The lowest BCUT2D eigenvalue weighted by Crippen LogP contribution is -2.52. The number of allylic oxidation sites excluding steroid dienone is 4. The molecule has 3 nitrogen and oxygen atoms in total. The van der Waals surface area contributed by atoms with Crippen LogP contribution < -0.4 is 4.72 Å². The maximum absolute atomic E-state index is 11.9. The summed E-state index contributed by atoms with van der Waals surface area (Å²) < 4.78 is 15.3. The van der Waals surface area contributed by atoms with E-state index in [0.29, 0.717) is 17.6 Å². The first kappa shape index (κ1) is 21.1. The van der Waals surface area contributed by atoms with E-state index in [1.54, 1.807) is 5.57 Å². The van der Waals surface area contributed by atoms with Gasteiger partial charge in [-0.05, 0) is 49.1 Å². The van der Waals surface area contributed by atoms with Gasteiger partial charge in [0.2, 0.25) is 0 Å². The molecule has 25 heavy (non-hydrogen) atoms. The number of likely N-dealkylation sites (tertiary alicyclic amines) is 1. The fourth-order valence-electron chi connectivity index (χ4n) is 4.14. The molecule has 0 saturated carbocycles. The molecule has 1 aliphatic carbocycles. The predicted octanol–water partition coefficient (Wildman–Crippen LogP) is 4.48. The number of piperidine rings is 1. The third kappa shape index (κ3) is 5.92. The van der Waals surface area contributed by atoms with E-state index in [-0.39, 0.29) is 11.5 Å². The molecule has 1 aliphatic heterocycles. The first-order valence-electron chi connectivity index (χ1n) is 9.65. The van der Waals surface area contributed by atoms with Crippen LogP contribution in [0.3, 0.4) is 0 Å². The predicted molar refractivity (Wildman–Crippen MR) is 110 cm³/mol. The summed E-state index contributed by atoms with van der Waals surface area (Å²) in [5, 5.41) is 0.980. The highest BCUT2D eigenvalue weighted by Crippen LogP contribution is 2.42. The Bertz CT molecular complexity index is 542. The average Bonchev–Trinajstić information content (AvgIpc) is 2.54. The molecule has 2 rings (SSSR count). The average molecular weight is 387 g/mol. The van der Waals surface area contributed by atoms with Gasteiger partial charge in [-0.15, -0.1) is 0 Å². The van der Waals surface area contributed by atoms with Crippen molar-refractivity contribution in [3.63, 3.8) is 0 Å². The largest absolute Gasteiger partial charge is 0.301 e. The smallest absolute Gasteiger partial charge is 0.0915 e. The zero-order chi connectivity index (χ0) is 18.6. The maximum Gasteiger partial charge on any atom is 0.0915 e. The van der Waals surface area contributed by atoms with Gasteiger partial charge >= 0.3 is 0 Å². The quantitative estimate of drug-likeness (QED) is 0.699. The third-order valence-corrected chi connectivity index (χ3v) is 7.10. The van der Waals surface area contributed by atoms with Crippen molar-refractivity contribution in [3.8, 4) is 0 Å². The molecule has 1 heterocycles. The Morgan fingerprint density at radius 3 is 2.60 bits per heavy atom. The van der Waals surface area contributed by atoms with Crippen molar-refractivity contribution < 1.29 is 4.21 Å². The molecule has 0 amide bonds. The topological polar surface area (TPSA) is 32.3 Å². The third-order valence-electron chi connectivity index (χ3n) is 5.69. The van der Waals surface area contributed by atoms with Gasteiger partial charge in [-0.3, -0.25) is 0 Å². The second kappa shape index (κ2) is 9.16. The maximum atomic E-state index is 11.9. The van der Waals surface area contributed by atoms with Crippen molar-refractivity contribution in [2.24, 2.45) is 17.3 Å². The summed E-state index contributed by atoms with van der Waals surface area (Å²) in [7, 11) is -0.920. The van der Waals surface area contributed by atoms with Crippen LogP contribution in [0.1, 0.15) is 53.9 Å². The van der Waals surface area contributed by atoms with E-state index in [2.05, 4.69) is 49.5 Å². The number of rotatable bonds is 7. The van der Waals surface area contributed by atoms with Crippen LogP contribution in [0.15, 0.2) is 22.8 Å². The Hall–Kier alpha value is -0.160. The summed E-state index contributed by atoms with van der Waals surface area (Å²) in [5.74, 6) is 1.78. The molecule has 1 N–H and O–H groups in total. The van der Waals surface area contributed by atoms with Crippen LogP contribution in [0.4, 0.5) is 0 Å². The van der Waals surface area contributed by atoms with Crippen LogP contribution in [0.25, 0.3) is 0 Å². The van der Waals surface area contributed by atoms with E-state index in [0.717, 1.165) is 37.5 Å². The number of hydrogen-bond acceptors (Lipinski definition) is 2. The molecular formula is C20H35ClN2OS. The highest BCUT2D eigenvalue weighted by Gasteiger charge is 2.38. The van der Waals surface area contributed by atoms with Crippen LogP contribution in [0.2, 0.25) is 0 Å². The van der Waals surface area contributed by atoms with Crippen LogP contribution in [-0.4, -0.2) is 40.5 Å². The van der Waals surface area contributed by atoms with Gasteiger partial charge in [0.15, 0.2) is 0 Å². The molecule has 0 aromatic rings. The molecule has 0 aromatic carbocycles. The van der Waals surface area contributed by atoms with Gasteiger partial charge in [-0.25, -0.2) is 8.93 Å². The SMILES string of the molecule is CCS(=O)N[C@@H](CN1CC[C@H](C2=CC=C(Cl)CC2)C(C)(C)C1)C(C)C. The normalized spacial score (nSPS) is 26.9. The molecule has 0 aromatic heterocycles. The molecule has 144 valence electrons. The van der Waals surface area contributed by atoms with Crippen molar-refractivity contribution in [1.29, 1.82) is 0 Å². The molecule has 3 atom stereocenters. The zero-order valence-corrected chi connectivity index (χ0v) is 18.1. The molecular weight excluding hydrogens is 352 g/mol. The zero-order valence-electron chi connectivity index (χ0n) is 16.5. The van der Waals surface area contributed by atoms with Crippen molar-refractivity contribution in [2.45, 2.75) is 59.9 Å². The molecule has 1 fully saturated rings. The van der Waals surface area contributed by atoms with Gasteiger partial charge in [0.05, 0.1) is 11.0 Å². The van der Waals surface area contributed by atoms with E-state index in [4.69, 9.17) is 11.6 Å². The molecule has 0 spiro atoms. The number of hydrogen-bond donors (Lipinski definition) is 1. The molecule has 1 unspecified atom stereocenters. The standard InChI is InChI=1S/C20H35ClN2OS/c1-6-25(24)22-19(15(2)3)13-23-12-11-18(20(4,5)14-23)16-7-9-17(21)10-8-16/h7,9,15,18-19,22H,6,8,10-14H2,1-5H3/t18-,19+,25?/m1/s1. The first-order chi connectivity index (χ1) is 11.7. The highest BCUT2D eigenvalue weighted by molar-refractivity contribution is 7.82. The van der Waals surface area contributed by atoms with Gasteiger partial charge < -0.3 is 4.90 Å². The Balaban J connectivity index is 2.00. The number of halogens is 1. The number of nitrogens with one attached hydrogen (secondary N) is 1. The molecule has 0 bridgehead atoms. The van der Waals surface area contributed by atoms with Crippen molar-refractivity contribution in [1.82, 2.24) is 9.62 Å². The van der Waals surface area contributed by atoms with Crippen LogP contribution in [0.5, 0.6) is 0 Å². The minimum atomic E-state index is -0.920. The second-order valence-corrected chi connectivity index (χ2v) is 10.5. The van der Waals surface area contributed by atoms with Crippen molar-refractivity contribution in [2.75, 3.05) is 25.4 Å². The summed E-state index contributed by atoms with van der Waals surface area (Å²) >= 11 is 6.13. The Labute approximate surface area is 161 Å².